The second kappa shape index (κ2) is 9.86. The van der Waals surface area contributed by atoms with Crippen LogP contribution in [0, 0.1) is 11.6 Å². The van der Waals surface area contributed by atoms with Crippen LogP contribution in [0.15, 0.2) is 41.8 Å². The Hall–Kier alpha value is -2.01. The summed E-state index contributed by atoms with van der Waals surface area (Å²) in [5.74, 6) is -3.09. The van der Waals surface area contributed by atoms with Crippen molar-refractivity contribution in [3.8, 4) is 5.75 Å². The van der Waals surface area contributed by atoms with Gasteiger partial charge in [-0.15, -0.1) is 11.3 Å². The van der Waals surface area contributed by atoms with E-state index in [9.17, 15) is 31.9 Å². The number of hydrogen-bond acceptors (Lipinski definition) is 5. The second-order valence-corrected chi connectivity index (χ2v) is 6.88. The number of ether oxygens (including phenoxy) is 1. The van der Waals surface area contributed by atoms with E-state index in [1.165, 1.54) is 11.4 Å². The average molecular weight is 451 g/mol. The first-order valence-corrected chi connectivity index (χ1v) is 8.94. The SMILES string of the molecule is O=C([O-])c1csc(Cc2cc(C(F)(F)F)ccc2OCc2ccc(F)cc2F)n1.[Na+]. The van der Waals surface area contributed by atoms with Gasteiger partial charge in [0, 0.05) is 29.0 Å². The largest absolute Gasteiger partial charge is 1.00 e. The maximum Gasteiger partial charge on any atom is 1.00 e. The van der Waals surface area contributed by atoms with E-state index in [0.29, 0.717) is 6.07 Å². The first-order valence-electron chi connectivity index (χ1n) is 8.06. The molecule has 4 nitrogen and oxygen atoms in total. The fourth-order valence-corrected chi connectivity index (χ4v) is 3.26. The number of alkyl halides is 3. The predicted octanol–water partition coefficient (Wildman–Crippen LogP) is 0.977. The van der Waals surface area contributed by atoms with Crippen molar-refractivity contribution in [1.82, 2.24) is 4.98 Å². The number of aromatic carboxylic acids is 1. The van der Waals surface area contributed by atoms with Gasteiger partial charge in [0.2, 0.25) is 0 Å². The maximum absolute atomic E-state index is 13.8. The van der Waals surface area contributed by atoms with Crippen LogP contribution in [0.4, 0.5) is 22.0 Å². The molecule has 2 aromatic carbocycles. The number of aromatic nitrogens is 1. The molecule has 0 spiro atoms. The molecule has 1 heterocycles. The molecule has 0 amide bonds. The van der Waals surface area contributed by atoms with Crippen LogP contribution in [-0.2, 0) is 19.2 Å². The molecule has 0 saturated carbocycles. The molecule has 0 aliphatic carbocycles. The quantitative estimate of drug-likeness (QED) is 0.414. The molecule has 3 rings (SSSR count). The summed E-state index contributed by atoms with van der Waals surface area (Å²) < 4.78 is 71.4. The van der Waals surface area contributed by atoms with Gasteiger partial charge in [-0.3, -0.25) is 0 Å². The van der Waals surface area contributed by atoms with Crippen LogP contribution in [0.25, 0.3) is 0 Å². The van der Waals surface area contributed by atoms with Crippen molar-refractivity contribution in [2.75, 3.05) is 0 Å². The Morgan fingerprint density at radius 1 is 1.10 bits per heavy atom. The van der Waals surface area contributed by atoms with Crippen molar-refractivity contribution in [1.29, 1.82) is 0 Å². The molecule has 0 aliphatic heterocycles. The number of carboxylic acid groups (broad SMARTS) is 1. The number of halogens is 5. The van der Waals surface area contributed by atoms with Gasteiger partial charge in [0.05, 0.1) is 22.2 Å². The molecular weight excluding hydrogens is 440 g/mol. The molecule has 0 fully saturated rings. The van der Waals surface area contributed by atoms with Crippen LogP contribution in [0.2, 0.25) is 0 Å². The number of thiazole rings is 1. The Labute approximate surface area is 193 Å². The minimum absolute atomic E-state index is 0. The molecule has 0 unspecified atom stereocenters. The zero-order valence-electron chi connectivity index (χ0n) is 15.4. The molecule has 11 heteroatoms. The summed E-state index contributed by atoms with van der Waals surface area (Å²) in [5, 5.41) is 12.3. The van der Waals surface area contributed by atoms with Crippen LogP contribution in [0.5, 0.6) is 5.75 Å². The van der Waals surface area contributed by atoms with Gasteiger partial charge in [-0.25, -0.2) is 13.8 Å². The zero-order chi connectivity index (χ0) is 21.2. The number of carbonyl (C=O) groups excluding carboxylic acids is 1. The molecule has 0 bridgehead atoms. The minimum Gasteiger partial charge on any atom is -0.543 e. The van der Waals surface area contributed by atoms with Gasteiger partial charge in [-0.1, -0.05) is 0 Å². The van der Waals surface area contributed by atoms with Crippen molar-refractivity contribution >= 4 is 17.3 Å². The molecule has 0 saturated heterocycles. The van der Waals surface area contributed by atoms with Gasteiger partial charge in [-0.2, -0.15) is 13.2 Å². The summed E-state index contributed by atoms with van der Waals surface area (Å²) in [5.41, 5.74) is -1.15. The van der Waals surface area contributed by atoms with E-state index in [0.717, 1.165) is 35.6 Å². The van der Waals surface area contributed by atoms with E-state index in [4.69, 9.17) is 4.74 Å². The van der Waals surface area contributed by atoms with E-state index in [1.807, 2.05) is 0 Å². The molecule has 152 valence electrons. The summed E-state index contributed by atoms with van der Waals surface area (Å²) in [6.07, 6.45) is -4.74. The maximum atomic E-state index is 13.8. The topological polar surface area (TPSA) is 62.2 Å². The Balaban J connectivity index is 0.00000320. The van der Waals surface area contributed by atoms with Crippen molar-refractivity contribution in [3.05, 3.63) is 80.8 Å². The van der Waals surface area contributed by atoms with E-state index >= 15 is 0 Å². The van der Waals surface area contributed by atoms with Gasteiger partial charge in [-0.05, 0) is 30.3 Å². The fourth-order valence-electron chi connectivity index (χ4n) is 2.48. The second-order valence-electron chi connectivity index (χ2n) is 5.94. The van der Waals surface area contributed by atoms with Crippen LogP contribution in [0.1, 0.15) is 32.2 Å². The zero-order valence-corrected chi connectivity index (χ0v) is 18.2. The number of benzene rings is 2. The first-order chi connectivity index (χ1) is 13.6. The summed E-state index contributed by atoms with van der Waals surface area (Å²) in [4.78, 5) is 14.6. The predicted molar refractivity (Wildman–Crippen MR) is 91.4 cm³/mol. The summed E-state index contributed by atoms with van der Waals surface area (Å²) in [7, 11) is 0. The molecule has 0 aliphatic rings. The Kier molecular flexibility index (Phi) is 7.98. The van der Waals surface area contributed by atoms with Crippen LogP contribution in [-0.4, -0.2) is 11.0 Å². The summed E-state index contributed by atoms with van der Waals surface area (Å²) in [6.45, 7) is -0.341. The fraction of sp³-hybridized carbons (Fsp3) is 0.158. The summed E-state index contributed by atoms with van der Waals surface area (Å²) in [6, 6.07) is 5.63. The van der Waals surface area contributed by atoms with Crippen LogP contribution in [0.3, 0.4) is 0 Å². The van der Waals surface area contributed by atoms with Crippen molar-refractivity contribution < 1.29 is 66.1 Å². The van der Waals surface area contributed by atoms with Crippen molar-refractivity contribution in [2.24, 2.45) is 0 Å². The molecule has 0 N–H and O–H groups in total. The minimum atomic E-state index is -4.60. The number of rotatable bonds is 6. The van der Waals surface area contributed by atoms with E-state index in [1.54, 1.807) is 0 Å². The normalized spacial score (nSPS) is 11.1. The number of carbonyl (C=O) groups is 1. The Bertz CT molecular complexity index is 1050. The van der Waals surface area contributed by atoms with Gasteiger partial charge >= 0.3 is 35.7 Å². The Morgan fingerprint density at radius 2 is 1.83 bits per heavy atom. The third-order valence-electron chi connectivity index (χ3n) is 3.89. The molecular formula is C19H11F5NNaO3S. The van der Waals surface area contributed by atoms with E-state index in [-0.39, 0.29) is 70.2 Å². The summed E-state index contributed by atoms with van der Waals surface area (Å²) >= 11 is 0.943. The molecule has 1 aromatic heterocycles. The smallest absolute Gasteiger partial charge is 0.543 e. The van der Waals surface area contributed by atoms with Gasteiger partial charge in [0.15, 0.2) is 0 Å². The standard InChI is InChI=1S/C19H12F5NO3S.Na/c20-13-3-1-10(14(21)7-13)8-28-16-4-2-12(19(22,23)24)5-11(16)6-17-25-15(9-29-17)18(26)27;/h1-5,7,9H,6,8H2,(H,26,27);/q;+1/p-1. The molecule has 30 heavy (non-hydrogen) atoms. The van der Waals surface area contributed by atoms with Crippen LogP contribution < -0.4 is 39.4 Å². The van der Waals surface area contributed by atoms with Gasteiger partial charge in [0.1, 0.15) is 24.0 Å². The monoisotopic (exact) mass is 451 g/mol. The number of hydrogen-bond donors (Lipinski definition) is 0. The third kappa shape index (κ3) is 6.00. The number of nitrogens with zero attached hydrogens (tertiary/aromatic N) is 1. The Morgan fingerprint density at radius 3 is 2.43 bits per heavy atom. The molecule has 0 radical (unpaired) electrons. The van der Waals surface area contributed by atoms with Crippen molar-refractivity contribution in [3.63, 3.8) is 0 Å². The van der Waals surface area contributed by atoms with E-state index < -0.39 is 29.3 Å². The number of carboxylic acids is 1. The first kappa shape index (κ1) is 24.3. The molecule has 3 aromatic rings. The molecule has 0 atom stereocenters. The van der Waals surface area contributed by atoms with Crippen molar-refractivity contribution in [2.45, 2.75) is 19.2 Å². The van der Waals surface area contributed by atoms with Crippen LogP contribution >= 0.6 is 11.3 Å². The van der Waals surface area contributed by atoms with Gasteiger partial charge < -0.3 is 14.6 Å². The van der Waals surface area contributed by atoms with E-state index in [2.05, 4.69) is 4.98 Å². The average Bonchev–Trinajstić information content (AvgIpc) is 3.10. The van der Waals surface area contributed by atoms with Gasteiger partial charge in [0.25, 0.3) is 0 Å². The third-order valence-corrected chi connectivity index (χ3v) is 4.74.